The molecule has 1 aliphatic rings. The summed E-state index contributed by atoms with van der Waals surface area (Å²) in [5, 5.41) is 0. The molecule has 0 radical (unpaired) electrons. The van der Waals surface area contributed by atoms with Gasteiger partial charge in [-0.15, -0.1) is 11.6 Å². The first kappa shape index (κ1) is 25.0. The summed E-state index contributed by atoms with van der Waals surface area (Å²) >= 11 is 8.32. The third kappa shape index (κ3) is 5.33. The Hall–Kier alpha value is -1.22. The zero-order chi connectivity index (χ0) is 23.0. The van der Waals surface area contributed by atoms with Crippen LogP contribution in [0.2, 0.25) is 0 Å². The van der Waals surface area contributed by atoms with Gasteiger partial charge in [0, 0.05) is 28.0 Å². The van der Waals surface area contributed by atoms with Gasteiger partial charge in [-0.25, -0.2) is 4.79 Å². The molecule has 0 aliphatic carbocycles. The summed E-state index contributed by atoms with van der Waals surface area (Å²) in [6.45, 7) is 11.5. The zero-order valence-corrected chi connectivity index (χ0v) is 21.9. The number of amides is 2. The van der Waals surface area contributed by atoms with Gasteiger partial charge in [0.1, 0.15) is 23.6 Å². The third-order valence-corrected chi connectivity index (χ3v) is 6.28. The molecule has 1 saturated heterocycles. The number of hydrogen-bond acceptors (Lipinski definition) is 4. The molecule has 6 nitrogen and oxygen atoms in total. The Morgan fingerprint density at radius 2 is 1.77 bits per heavy atom. The fourth-order valence-corrected chi connectivity index (χ4v) is 4.73. The van der Waals surface area contributed by atoms with Crippen LogP contribution >= 0.6 is 34.2 Å². The van der Waals surface area contributed by atoms with E-state index in [9.17, 15) is 9.59 Å². The summed E-state index contributed by atoms with van der Waals surface area (Å²) in [5.41, 5.74) is 0.797. The lowest BCUT2D eigenvalue weighted by atomic mass is 9.91. The number of halogens is 2. The third-order valence-electron chi connectivity index (χ3n) is 4.98. The summed E-state index contributed by atoms with van der Waals surface area (Å²) in [6, 6.07) is 3.22. The summed E-state index contributed by atoms with van der Waals surface area (Å²) < 4.78 is 12.1. The van der Waals surface area contributed by atoms with Crippen molar-refractivity contribution in [2.75, 3.05) is 14.2 Å². The van der Waals surface area contributed by atoms with E-state index < -0.39 is 23.9 Å². The molecule has 30 heavy (non-hydrogen) atoms. The van der Waals surface area contributed by atoms with Crippen LogP contribution in [0, 0.1) is 8.99 Å². The first-order valence-electron chi connectivity index (χ1n) is 9.90. The largest absolute Gasteiger partial charge is 0.496 e. The lowest BCUT2D eigenvalue weighted by molar-refractivity contribution is -0.129. The Morgan fingerprint density at radius 1 is 1.17 bits per heavy atom. The molecule has 8 heteroatoms. The predicted molar refractivity (Wildman–Crippen MR) is 127 cm³/mol. The molecule has 168 valence electrons. The summed E-state index contributed by atoms with van der Waals surface area (Å²) in [5.74, 6) is 0.913. The van der Waals surface area contributed by atoms with Gasteiger partial charge in [0.05, 0.1) is 13.0 Å². The van der Waals surface area contributed by atoms with Gasteiger partial charge >= 0.3 is 6.09 Å². The van der Waals surface area contributed by atoms with Crippen LogP contribution in [0.25, 0.3) is 0 Å². The van der Waals surface area contributed by atoms with Crippen LogP contribution in [-0.4, -0.2) is 53.8 Å². The molecule has 0 N–H and O–H groups in total. The van der Waals surface area contributed by atoms with Crippen LogP contribution < -0.4 is 4.74 Å². The maximum Gasteiger partial charge on any atom is 0.412 e. The molecule has 1 fully saturated rings. The first-order valence-corrected chi connectivity index (χ1v) is 11.5. The molecule has 0 saturated carbocycles. The Labute approximate surface area is 198 Å². The zero-order valence-electron chi connectivity index (χ0n) is 19.0. The van der Waals surface area contributed by atoms with Crippen LogP contribution in [-0.2, 0) is 21.8 Å². The van der Waals surface area contributed by atoms with Crippen LogP contribution in [0.3, 0.4) is 0 Å². The molecule has 2 amide bonds. The maximum atomic E-state index is 13.3. The van der Waals surface area contributed by atoms with Crippen molar-refractivity contribution in [3.8, 4) is 5.75 Å². The van der Waals surface area contributed by atoms with Crippen molar-refractivity contribution in [3.05, 3.63) is 26.8 Å². The lowest BCUT2D eigenvalue weighted by Crippen LogP contribution is -2.52. The smallest absolute Gasteiger partial charge is 0.412 e. The second-order valence-corrected chi connectivity index (χ2v) is 11.1. The molecular weight excluding hydrogens is 519 g/mol. The van der Waals surface area contributed by atoms with E-state index in [-0.39, 0.29) is 11.3 Å². The van der Waals surface area contributed by atoms with E-state index in [4.69, 9.17) is 21.1 Å². The average Bonchev–Trinajstić information content (AvgIpc) is 2.86. The highest BCUT2D eigenvalue weighted by molar-refractivity contribution is 14.1. The first-order chi connectivity index (χ1) is 13.7. The predicted octanol–water partition coefficient (Wildman–Crippen LogP) is 5.03. The Kier molecular flexibility index (Phi) is 7.60. The van der Waals surface area contributed by atoms with E-state index in [1.807, 2.05) is 53.7 Å². The number of hydrogen-bond donors (Lipinski definition) is 0. The van der Waals surface area contributed by atoms with E-state index in [0.717, 1.165) is 14.7 Å². The molecule has 1 heterocycles. The lowest BCUT2D eigenvalue weighted by Gasteiger charge is -2.39. The fraction of sp³-hybridized carbons (Fsp3) is 0.636. The number of likely N-dealkylation sites (N-methyl/N-ethyl adjacent to an activating group) is 1. The van der Waals surface area contributed by atoms with E-state index in [0.29, 0.717) is 18.1 Å². The quantitative estimate of drug-likeness (QED) is 0.390. The Balaban J connectivity index is 2.50. The van der Waals surface area contributed by atoms with Crippen molar-refractivity contribution in [1.29, 1.82) is 0 Å². The van der Waals surface area contributed by atoms with E-state index in [1.54, 1.807) is 24.0 Å². The number of benzene rings is 1. The van der Waals surface area contributed by atoms with Crippen molar-refractivity contribution >= 4 is 46.2 Å². The van der Waals surface area contributed by atoms with Gasteiger partial charge in [0.15, 0.2) is 0 Å². The highest BCUT2D eigenvalue weighted by Crippen LogP contribution is 2.37. The number of nitrogens with zero attached hydrogens (tertiary/aromatic N) is 2. The number of alkyl halides is 1. The highest BCUT2D eigenvalue weighted by atomic mass is 127. The van der Waals surface area contributed by atoms with E-state index in [1.165, 1.54) is 0 Å². The number of methoxy groups -OCH3 is 1. The van der Waals surface area contributed by atoms with Crippen molar-refractivity contribution in [3.63, 3.8) is 0 Å². The summed E-state index contributed by atoms with van der Waals surface area (Å²) in [4.78, 5) is 29.7. The molecule has 2 atom stereocenters. The molecule has 1 aromatic rings. The molecule has 1 aromatic carbocycles. The number of carbonyl (C=O) groups excluding carboxylic acids is 2. The van der Waals surface area contributed by atoms with Gasteiger partial charge in [-0.2, -0.15) is 0 Å². The van der Waals surface area contributed by atoms with Crippen molar-refractivity contribution in [1.82, 2.24) is 9.80 Å². The number of rotatable bonds is 4. The Bertz CT molecular complexity index is 817. The van der Waals surface area contributed by atoms with Crippen LogP contribution in [0.15, 0.2) is 12.1 Å². The van der Waals surface area contributed by atoms with Crippen LogP contribution in [0.5, 0.6) is 5.75 Å². The van der Waals surface area contributed by atoms with Crippen LogP contribution in [0.1, 0.15) is 52.7 Å². The van der Waals surface area contributed by atoms with Crippen molar-refractivity contribution < 1.29 is 19.1 Å². The number of carbonyl (C=O) groups is 2. The second-order valence-electron chi connectivity index (χ2n) is 9.69. The van der Waals surface area contributed by atoms with Gasteiger partial charge in [-0.3, -0.25) is 9.69 Å². The normalized spacial score (nSPS) is 20.0. The van der Waals surface area contributed by atoms with Gasteiger partial charge in [0.25, 0.3) is 0 Å². The standard InChI is InChI=1S/C22H32ClIN2O4/c1-21(2,3)19-25(7)18(27)16(26(19)20(28)30-22(4,5)6)10-13-9-14(12-23)17(29-8)11-15(13)24/h9,11,16,19H,10,12H2,1-8H3/t16-,19-/m0/s1. The highest BCUT2D eigenvalue weighted by Gasteiger charge is 2.52. The minimum absolute atomic E-state index is 0.0974. The minimum atomic E-state index is -0.658. The van der Waals surface area contributed by atoms with Crippen LogP contribution in [0.4, 0.5) is 4.79 Å². The fourth-order valence-electron chi connectivity index (χ4n) is 3.87. The van der Waals surface area contributed by atoms with E-state index >= 15 is 0 Å². The molecule has 1 aliphatic heterocycles. The molecule has 0 bridgehead atoms. The summed E-state index contributed by atoms with van der Waals surface area (Å²) in [6.07, 6.45) is -0.513. The van der Waals surface area contributed by atoms with E-state index in [2.05, 4.69) is 22.6 Å². The average molecular weight is 551 g/mol. The van der Waals surface area contributed by atoms with Gasteiger partial charge in [-0.1, -0.05) is 20.8 Å². The maximum absolute atomic E-state index is 13.3. The molecular formula is C22H32ClIN2O4. The topological polar surface area (TPSA) is 59.1 Å². The van der Waals surface area contributed by atoms with Gasteiger partial charge in [-0.05, 0) is 61.1 Å². The number of ether oxygens (including phenoxy) is 2. The Morgan fingerprint density at radius 3 is 2.23 bits per heavy atom. The van der Waals surface area contributed by atoms with Gasteiger partial charge < -0.3 is 14.4 Å². The monoisotopic (exact) mass is 550 g/mol. The second kappa shape index (κ2) is 9.10. The van der Waals surface area contributed by atoms with Crippen molar-refractivity contribution in [2.24, 2.45) is 5.41 Å². The molecule has 0 spiro atoms. The summed E-state index contributed by atoms with van der Waals surface area (Å²) in [7, 11) is 3.35. The molecule has 0 aromatic heterocycles. The molecule has 0 unspecified atom stereocenters. The molecule has 2 rings (SSSR count). The van der Waals surface area contributed by atoms with Gasteiger partial charge in [0.2, 0.25) is 5.91 Å². The minimum Gasteiger partial charge on any atom is -0.496 e. The SMILES string of the molecule is COc1cc(I)c(C[C@H]2C(=O)N(C)[C@H](C(C)(C)C)N2C(=O)OC(C)(C)C)cc1CCl. The van der Waals surface area contributed by atoms with Crippen molar-refractivity contribution in [2.45, 2.75) is 71.7 Å².